The van der Waals surface area contributed by atoms with Crippen LogP contribution in [-0.2, 0) is 12.4 Å². The number of hydrogen-bond donors (Lipinski definition) is 3. The van der Waals surface area contributed by atoms with Crippen molar-refractivity contribution in [1.82, 2.24) is 9.97 Å². The highest BCUT2D eigenvalue weighted by atomic mass is 19.4. The van der Waals surface area contributed by atoms with E-state index in [1.807, 2.05) is 0 Å². The molecule has 0 spiro atoms. The third-order valence-electron chi connectivity index (χ3n) is 4.15. The van der Waals surface area contributed by atoms with Crippen molar-refractivity contribution in [2.45, 2.75) is 39.2 Å². The van der Waals surface area contributed by atoms with Gasteiger partial charge in [0.25, 0.3) is 0 Å². The maximum absolute atomic E-state index is 13.2. The summed E-state index contributed by atoms with van der Waals surface area (Å²) in [5.41, 5.74) is -2.29. The Morgan fingerprint density at radius 2 is 1.66 bits per heavy atom. The molecule has 160 valence electrons. The summed E-state index contributed by atoms with van der Waals surface area (Å²) < 4.78 is 78.8. The van der Waals surface area contributed by atoms with E-state index in [9.17, 15) is 31.4 Å². The zero-order valence-corrected chi connectivity index (χ0v) is 15.8. The van der Waals surface area contributed by atoms with Crippen LogP contribution >= 0.6 is 0 Å². The Balaban J connectivity index is 2.43. The Bertz CT molecular complexity index is 851. The number of anilines is 3. The predicted octanol–water partition coefficient (Wildman–Crippen LogP) is 5.00. The van der Waals surface area contributed by atoms with Crippen LogP contribution in [0, 0.1) is 12.8 Å². The maximum Gasteiger partial charge on any atom is 0.433 e. The van der Waals surface area contributed by atoms with Crippen molar-refractivity contribution in [1.29, 1.82) is 0 Å². The number of aliphatic hydroxyl groups excluding tert-OH is 1. The van der Waals surface area contributed by atoms with Gasteiger partial charge in [-0.05, 0) is 30.5 Å². The lowest BCUT2D eigenvalue weighted by Gasteiger charge is -2.21. The molecule has 0 aliphatic carbocycles. The van der Waals surface area contributed by atoms with Gasteiger partial charge in [-0.3, -0.25) is 0 Å². The molecule has 0 aliphatic heterocycles. The van der Waals surface area contributed by atoms with Crippen LogP contribution in [0.15, 0.2) is 24.3 Å². The summed E-state index contributed by atoms with van der Waals surface area (Å²) in [7, 11) is 0. The molecule has 0 amide bonds. The zero-order valence-electron chi connectivity index (χ0n) is 15.8. The Kier molecular flexibility index (Phi) is 6.61. The molecule has 0 saturated carbocycles. The number of alkyl halides is 6. The standard InChI is InChI=1S/C18H20F6N4O/c1-9(2)13(8-29)26-16-27-14(18(22,23)24)7-15(28-16)25-11-5-4-10(3)12(6-11)17(19,20)21/h4-7,9,13,29H,8H2,1-3H3,(H2,25,26,27,28)/t13-/m1/s1. The van der Waals surface area contributed by atoms with Crippen molar-refractivity contribution in [3.8, 4) is 0 Å². The van der Waals surface area contributed by atoms with Gasteiger partial charge in [0.1, 0.15) is 5.82 Å². The summed E-state index contributed by atoms with van der Waals surface area (Å²) >= 11 is 0. The van der Waals surface area contributed by atoms with Crippen molar-refractivity contribution >= 4 is 17.5 Å². The lowest BCUT2D eigenvalue weighted by atomic mass is 10.1. The van der Waals surface area contributed by atoms with Gasteiger partial charge in [0.15, 0.2) is 5.69 Å². The van der Waals surface area contributed by atoms with E-state index < -0.39 is 35.6 Å². The summed E-state index contributed by atoms with van der Waals surface area (Å²) in [6, 6.07) is 3.29. The minimum atomic E-state index is -4.80. The molecule has 0 radical (unpaired) electrons. The largest absolute Gasteiger partial charge is 0.433 e. The van der Waals surface area contributed by atoms with Crippen molar-refractivity contribution in [3.63, 3.8) is 0 Å². The van der Waals surface area contributed by atoms with E-state index >= 15 is 0 Å². The van der Waals surface area contributed by atoms with E-state index in [1.165, 1.54) is 19.1 Å². The van der Waals surface area contributed by atoms with Gasteiger partial charge in [0.2, 0.25) is 5.95 Å². The lowest BCUT2D eigenvalue weighted by Crippen LogP contribution is -2.30. The Labute approximate surface area is 163 Å². The first kappa shape index (κ1) is 22.7. The molecule has 1 aromatic heterocycles. The maximum atomic E-state index is 13.2. The van der Waals surface area contributed by atoms with Gasteiger partial charge in [-0.25, -0.2) is 4.98 Å². The van der Waals surface area contributed by atoms with Crippen LogP contribution in [0.5, 0.6) is 0 Å². The van der Waals surface area contributed by atoms with Crippen LogP contribution < -0.4 is 10.6 Å². The van der Waals surface area contributed by atoms with E-state index in [0.717, 1.165) is 6.07 Å². The third-order valence-corrected chi connectivity index (χ3v) is 4.15. The van der Waals surface area contributed by atoms with Crippen LogP contribution in [0.2, 0.25) is 0 Å². The number of hydrogen-bond acceptors (Lipinski definition) is 5. The summed E-state index contributed by atoms with van der Waals surface area (Å²) in [5, 5.41) is 14.4. The molecule has 1 atom stereocenters. The molecular weight excluding hydrogens is 402 g/mol. The van der Waals surface area contributed by atoms with Gasteiger partial charge in [-0.2, -0.15) is 31.3 Å². The number of aliphatic hydroxyl groups is 1. The molecule has 29 heavy (non-hydrogen) atoms. The number of rotatable bonds is 6. The van der Waals surface area contributed by atoms with Crippen molar-refractivity contribution in [3.05, 3.63) is 41.1 Å². The second kappa shape index (κ2) is 8.44. The first-order valence-electron chi connectivity index (χ1n) is 8.59. The minimum absolute atomic E-state index is 0.0215. The quantitative estimate of drug-likeness (QED) is 0.572. The van der Waals surface area contributed by atoms with Crippen LogP contribution in [0.1, 0.15) is 30.7 Å². The summed E-state index contributed by atoms with van der Waals surface area (Å²) in [4.78, 5) is 7.31. The van der Waals surface area contributed by atoms with Crippen molar-refractivity contribution in [2.75, 3.05) is 17.2 Å². The average Bonchev–Trinajstić information content (AvgIpc) is 2.59. The van der Waals surface area contributed by atoms with Crippen molar-refractivity contribution < 1.29 is 31.4 Å². The summed E-state index contributed by atoms with van der Waals surface area (Å²) in [5.74, 6) is -0.883. The van der Waals surface area contributed by atoms with Crippen LogP contribution in [0.4, 0.5) is 43.8 Å². The Morgan fingerprint density at radius 3 is 2.17 bits per heavy atom. The number of aromatic nitrogens is 2. The molecule has 11 heteroatoms. The van der Waals surface area contributed by atoms with E-state index in [4.69, 9.17) is 0 Å². The predicted molar refractivity (Wildman–Crippen MR) is 95.8 cm³/mol. The fourth-order valence-corrected chi connectivity index (χ4v) is 2.46. The van der Waals surface area contributed by atoms with Crippen LogP contribution in [-0.4, -0.2) is 27.7 Å². The minimum Gasteiger partial charge on any atom is -0.394 e. The first-order valence-corrected chi connectivity index (χ1v) is 8.59. The molecule has 0 aliphatic rings. The molecule has 0 fully saturated rings. The highest BCUT2D eigenvalue weighted by Crippen LogP contribution is 2.35. The van der Waals surface area contributed by atoms with Gasteiger partial charge < -0.3 is 15.7 Å². The monoisotopic (exact) mass is 422 g/mol. The normalized spacial score (nSPS) is 13.5. The number of nitrogens with one attached hydrogen (secondary N) is 2. The smallest absolute Gasteiger partial charge is 0.394 e. The topological polar surface area (TPSA) is 70.1 Å². The molecule has 0 bridgehead atoms. The molecule has 2 rings (SSSR count). The first-order chi connectivity index (χ1) is 13.3. The van der Waals surface area contributed by atoms with E-state index in [1.54, 1.807) is 13.8 Å². The zero-order chi connectivity index (χ0) is 22.0. The molecule has 1 heterocycles. The highest BCUT2D eigenvalue weighted by molar-refractivity contribution is 5.60. The number of nitrogens with zero attached hydrogens (tertiary/aromatic N) is 2. The SMILES string of the molecule is Cc1ccc(Nc2cc(C(F)(F)F)nc(N[C@H](CO)C(C)C)n2)cc1C(F)(F)F. The molecule has 0 unspecified atom stereocenters. The molecule has 2 aromatic rings. The molecule has 1 aromatic carbocycles. The van der Waals surface area contributed by atoms with E-state index in [2.05, 4.69) is 20.6 Å². The van der Waals surface area contributed by atoms with Crippen molar-refractivity contribution in [2.24, 2.45) is 5.92 Å². The van der Waals surface area contributed by atoms with Gasteiger partial charge in [-0.15, -0.1) is 0 Å². The van der Waals surface area contributed by atoms with Crippen LogP contribution in [0.3, 0.4) is 0 Å². The van der Waals surface area contributed by atoms with Gasteiger partial charge >= 0.3 is 12.4 Å². The molecular formula is C18H20F6N4O. The van der Waals surface area contributed by atoms with Gasteiger partial charge in [0.05, 0.1) is 18.2 Å². The third kappa shape index (κ3) is 5.96. The highest BCUT2D eigenvalue weighted by Gasteiger charge is 2.35. The fourth-order valence-electron chi connectivity index (χ4n) is 2.46. The second-order valence-corrected chi connectivity index (χ2v) is 6.79. The Morgan fingerprint density at radius 1 is 1.00 bits per heavy atom. The van der Waals surface area contributed by atoms with Crippen LogP contribution in [0.25, 0.3) is 0 Å². The summed E-state index contributed by atoms with van der Waals surface area (Å²) in [6.45, 7) is 4.40. The number of aryl methyl sites for hydroxylation is 1. The molecule has 3 N–H and O–H groups in total. The Hall–Kier alpha value is -2.56. The summed E-state index contributed by atoms with van der Waals surface area (Å²) in [6.07, 6.45) is -9.41. The number of benzene rings is 1. The molecule has 5 nitrogen and oxygen atoms in total. The van der Waals surface area contributed by atoms with Gasteiger partial charge in [-0.1, -0.05) is 19.9 Å². The molecule has 0 saturated heterocycles. The fraction of sp³-hybridized carbons (Fsp3) is 0.444. The second-order valence-electron chi connectivity index (χ2n) is 6.79. The lowest BCUT2D eigenvalue weighted by molar-refractivity contribution is -0.141. The van der Waals surface area contributed by atoms with Gasteiger partial charge in [0, 0.05) is 11.8 Å². The number of halogens is 6. The van der Waals surface area contributed by atoms with E-state index in [-0.39, 0.29) is 29.6 Å². The average molecular weight is 422 g/mol. The van der Waals surface area contributed by atoms with E-state index in [0.29, 0.717) is 6.07 Å².